The van der Waals surface area contributed by atoms with Gasteiger partial charge in [-0.25, -0.2) is 4.79 Å². The Balaban J connectivity index is 2.11. The number of rotatable bonds is 3. The molecule has 0 N–H and O–H groups in total. The summed E-state index contributed by atoms with van der Waals surface area (Å²) in [7, 11) is 1.63. The van der Waals surface area contributed by atoms with Gasteiger partial charge in [0.2, 0.25) is 0 Å². The Hall–Kier alpha value is -1.71. The van der Waals surface area contributed by atoms with E-state index < -0.39 is 0 Å². The first-order valence-corrected chi connectivity index (χ1v) is 5.34. The molecule has 0 saturated carbocycles. The molecule has 4 heteroatoms. The highest BCUT2D eigenvalue weighted by molar-refractivity contribution is 5.70. The molecule has 1 fully saturated rings. The van der Waals surface area contributed by atoms with Crippen LogP contribution in [0.25, 0.3) is 0 Å². The van der Waals surface area contributed by atoms with Crippen molar-refractivity contribution in [3.8, 4) is 5.75 Å². The summed E-state index contributed by atoms with van der Waals surface area (Å²) in [5, 5.41) is 0. The first-order valence-electron chi connectivity index (χ1n) is 5.34. The second-order valence-electron chi connectivity index (χ2n) is 3.68. The van der Waals surface area contributed by atoms with Crippen LogP contribution in [0.5, 0.6) is 5.75 Å². The van der Waals surface area contributed by atoms with E-state index in [1.807, 2.05) is 31.2 Å². The van der Waals surface area contributed by atoms with Gasteiger partial charge in [-0.15, -0.1) is 0 Å². The molecule has 4 nitrogen and oxygen atoms in total. The van der Waals surface area contributed by atoms with E-state index in [9.17, 15) is 4.79 Å². The molecule has 1 saturated heterocycles. The van der Waals surface area contributed by atoms with Crippen LogP contribution in [0.15, 0.2) is 24.3 Å². The molecule has 0 aliphatic carbocycles. The molecule has 0 bridgehead atoms. The number of methoxy groups -OCH3 is 1. The van der Waals surface area contributed by atoms with Crippen LogP contribution in [-0.2, 0) is 4.74 Å². The Morgan fingerprint density at radius 1 is 1.44 bits per heavy atom. The predicted octanol–water partition coefficient (Wildman–Crippen LogP) is 2.21. The molecule has 1 aromatic rings. The van der Waals surface area contributed by atoms with E-state index in [0.717, 1.165) is 11.3 Å². The SMILES string of the molecule is CCN1CC(c2ccc(OC)cc2)OC1=O. The van der Waals surface area contributed by atoms with Gasteiger partial charge in [-0.1, -0.05) is 12.1 Å². The first-order chi connectivity index (χ1) is 7.74. The van der Waals surface area contributed by atoms with Crippen molar-refractivity contribution in [3.63, 3.8) is 0 Å². The largest absolute Gasteiger partial charge is 0.497 e. The fourth-order valence-corrected chi connectivity index (χ4v) is 1.76. The van der Waals surface area contributed by atoms with E-state index in [4.69, 9.17) is 9.47 Å². The Labute approximate surface area is 94.8 Å². The molecule has 0 radical (unpaired) electrons. The van der Waals surface area contributed by atoms with Gasteiger partial charge in [-0.05, 0) is 24.6 Å². The lowest BCUT2D eigenvalue weighted by atomic mass is 10.1. The van der Waals surface area contributed by atoms with Crippen molar-refractivity contribution >= 4 is 6.09 Å². The van der Waals surface area contributed by atoms with Crippen LogP contribution in [0.4, 0.5) is 4.79 Å². The van der Waals surface area contributed by atoms with E-state index in [1.165, 1.54) is 0 Å². The summed E-state index contributed by atoms with van der Waals surface area (Å²) < 4.78 is 10.3. The summed E-state index contributed by atoms with van der Waals surface area (Å²) in [5.41, 5.74) is 1.00. The molecule has 1 amide bonds. The number of likely N-dealkylation sites (N-methyl/N-ethyl adjacent to an activating group) is 1. The summed E-state index contributed by atoms with van der Waals surface area (Å²) in [6.07, 6.45) is -0.387. The Bertz CT molecular complexity index is 374. The van der Waals surface area contributed by atoms with Crippen molar-refractivity contribution in [2.75, 3.05) is 20.2 Å². The molecule has 16 heavy (non-hydrogen) atoms. The maximum atomic E-state index is 11.4. The smallest absolute Gasteiger partial charge is 0.410 e. The average Bonchev–Trinajstić information content (AvgIpc) is 2.71. The topological polar surface area (TPSA) is 38.8 Å². The van der Waals surface area contributed by atoms with Gasteiger partial charge in [0.25, 0.3) is 0 Å². The third kappa shape index (κ3) is 1.96. The highest BCUT2D eigenvalue weighted by Crippen LogP contribution is 2.27. The standard InChI is InChI=1S/C12H15NO3/c1-3-13-8-11(16-12(13)14)9-4-6-10(15-2)7-5-9/h4-7,11H,3,8H2,1-2H3. The van der Waals surface area contributed by atoms with E-state index in [2.05, 4.69) is 0 Å². The number of carbonyl (C=O) groups is 1. The minimum absolute atomic E-state index is 0.154. The van der Waals surface area contributed by atoms with E-state index in [-0.39, 0.29) is 12.2 Å². The molecule has 1 aliphatic heterocycles. The lowest BCUT2D eigenvalue weighted by Crippen LogP contribution is -2.23. The maximum absolute atomic E-state index is 11.4. The molecule has 2 rings (SSSR count). The van der Waals surface area contributed by atoms with Gasteiger partial charge in [0, 0.05) is 6.54 Å². The second kappa shape index (κ2) is 4.43. The van der Waals surface area contributed by atoms with Crippen molar-refractivity contribution in [2.45, 2.75) is 13.0 Å². The lowest BCUT2D eigenvalue weighted by Gasteiger charge is -2.09. The maximum Gasteiger partial charge on any atom is 0.410 e. The van der Waals surface area contributed by atoms with Crippen LogP contribution in [-0.4, -0.2) is 31.2 Å². The van der Waals surface area contributed by atoms with Crippen molar-refractivity contribution in [1.82, 2.24) is 4.90 Å². The second-order valence-corrected chi connectivity index (χ2v) is 3.68. The molecule has 86 valence electrons. The molecule has 0 aromatic heterocycles. The Kier molecular flexibility index (Phi) is 2.99. The van der Waals surface area contributed by atoms with Gasteiger partial charge in [0.05, 0.1) is 13.7 Å². The average molecular weight is 221 g/mol. The highest BCUT2D eigenvalue weighted by Gasteiger charge is 2.30. The molecule has 1 heterocycles. The summed E-state index contributed by atoms with van der Waals surface area (Å²) >= 11 is 0. The summed E-state index contributed by atoms with van der Waals surface area (Å²) in [6.45, 7) is 3.25. The normalized spacial score (nSPS) is 19.8. The van der Waals surface area contributed by atoms with E-state index in [1.54, 1.807) is 12.0 Å². The minimum Gasteiger partial charge on any atom is -0.497 e. The Morgan fingerprint density at radius 2 is 2.12 bits per heavy atom. The van der Waals surface area contributed by atoms with Crippen LogP contribution < -0.4 is 4.74 Å². The predicted molar refractivity (Wildman–Crippen MR) is 59.5 cm³/mol. The molecular formula is C12H15NO3. The van der Waals surface area contributed by atoms with Crippen molar-refractivity contribution < 1.29 is 14.3 Å². The third-order valence-electron chi connectivity index (χ3n) is 2.76. The zero-order chi connectivity index (χ0) is 11.5. The number of cyclic esters (lactones) is 1. The van der Waals surface area contributed by atoms with Gasteiger partial charge in [0.15, 0.2) is 0 Å². The van der Waals surface area contributed by atoms with Crippen molar-refractivity contribution in [1.29, 1.82) is 0 Å². The fraction of sp³-hybridized carbons (Fsp3) is 0.417. The summed E-state index contributed by atoms with van der Waals surface area (Å²) in [6, 6.07) is 7.60. The van der Waals surface area contributed by atoms with Gasteiger partial charge < -0.3 is 14.4 Å². The molecule has 1 aromatic carbocycles. The zero-order valence-corrected chi connectivity index (χ0v) is 9.47. The van der Waals surface area contributed by atoms with Gasteiger partial charge >= 0.3 is 6.09 Å². The molecular weight excluding hydrogens is 206 g/mol. The van der Waals surface area contributed by atoms with E-state index in [0.29, 0.717) is 13.1 Å². The minimum atomic E-state index is -0.233. The van der Waals surface area contributed by atoms with Crippen LogP contribution in [0, 0.1) is 0 Å². The quantitative estimate of drug-likeness (QED) is 0.785. The summed E-state index contributed by atoms with van der Waals surface area (Å²) in [4.78, 5) is 13.1. The number of hydrogen-bond acceptors (Lipinski definition) is 3. The number of nitrogens with zero attached hydrogens (tertiary/aromatic N) is 1. The number of carbonyl (C=O) groups excluding carboxylic acids is 1. The van der Waals surface area contributed by atoms with E-state index >= 15 is 0 Å². The number of ether oxygens (including phenoxy) is 2. The third-order valence-corrected chi connectivity index (χ3v) is 2.76. The van der Waals surface area contributed by atoms with Crippen LogP contribution in [0.3, 0.4) is 0 Å². The number of hydrogen-bond donors (Lipinski definition) is 0. The molecule has 1 atom stereocenters. The van der Waals surface area contributed by atoms with Gasteiger partial charge in [-0.3, -0.25) is 0 Å². The van der Waals surface area contributed by atoms with Gasteiger partial charge in [-0.2, -0.15) is 0 Å². The summed E-state index contributed by atoms with van der Waals surface area (Å²) in [5.74, 6) is 0.806. The van der Waals surface area contributed by atoms with Crippen LogP contribution in [0.1, 0.15) is 18.6 Å². The lowest BCUT2D eigenvalue weighted by molar-refractivity contribution is 0.133. The molecule has 1 unspecified atom stereocenters. The molecule has 1 aliphatic rings. The van der Waals surface area contributed by atoms with Crippen molar-refractivity contribution in [2.24, 2.45) is 0 Å². The van der Waals surface area contributed by atoms with Crippen LogP contribution >= 0.6 is 0 Å². The Morgan fingerprint density at radius 3 is 2.62 bits per heavy atom. The van der Waals surface area contributed by atoms with Crippen molar-refractivity contribution in [3.05, 3.63) is 29.8 Å². The number of benzene rings is 1. The molecule has 0 spiro atoms. The monoisotopic (exact) mass is 221 g/mol. The van der Waals surface area contributed by atoms with Gasteiger partial charge in [0.1, 0.15) is 11.9 Å². The number of amides is 1. The first kappa shape index (κ1) is 10.8. The zero-order valence-electron chi connectivity index (χ0n) is 9.47. The fourth-order valence-electron chi connectivity index (χ4n) is 1.76. The highest BCUT2D eigenvalue weighted by atomic mass is 16.6. The van der Waals surface area contributed by atoms with Crippen LogP contribution in [0.2, 0.25) is 0 Å².